The molecule has 24 heavy (non-hydrogen) atoms. The number of hydrogen-bond donors (Lipinski definition) is 1. The number of rotatable bonds is 2. The molecule has 2 heterocycles. The van der Waals surface area contributed by atoms with Crippen LogP contribution in [-0.4, -0.2) is 52.8 Å². The van der Waals surface area contributed by atoms with Gasteiger partial charge in [-0.1, -0.05) is 6.07 Å². The van der Waals surface area contributed by atoms with Gasteiger partial charge in [-0.25, -0.2) is 0 Å². The number of carbonyl (C=O) groups excluding carboxylic acids is 2. The molecule has 2 aliphatic rings. The standard InChI is InChI=1S/C19H21N3O2/c23-18(16-5-4-14-2-1-3-15(14)12-16)21-8-10-22(11-9-21)19(24)17-6-7-20-13-17/h4-7,12-13,20H,1-3,8-11H2. The maximum absolute atomic E-state index is 12.7. The van der Waals surface area contributed by atoms with Crippen molar-refractivity contribution in [2.24, 2.45) is 0 Å². The SMILES string of the molecule is O=C(c1cc[nH]c1)N1CCN(C(=O)c2ccc3c(c2)CCC3)CC1. The smallest absolute Gasteiger partial charge is 0.255 e. The number of benzene rings is 1. The van der Waals surface area contributed by atoms with Crippen molar-refractivity contribution in [1.29, 1.82) is 0 Å². The first-order valence-electron chi connectivity index (χ1n) is 8.55. The van der Waals surface area contributed by atoms with Crippen LogP contribution in [0.4, 0.5) is 0 Å². The third kappa shape index (κ3) is 2.70. The fraction of sp³-hybridized carbons (Fsp3) is 0.368. The van der Waals surface area contributed by atoms with Gasteiger partial charge in [-0.05, 0) is 48.6 Å². The lowest BCUT2D eigenvalue weighted by atomic mass is 10.1. The van der Waals surface area contributed by atoms with Crippen molar-refractivity contribution in [3.05, 3.63) is 58.9 Å². The lowest BCUT2D eigenvalue weighted by Gasteiger charge is -2.34. The van der Waals surface area contributed by atoms with Gasteiger partial charge in [0.05, 0.1) is 5.56 Å². The minimum absolute atomic E-state index is 0.0286. The van der Waals surface area contributed by atoms with E-state index in [-0.39, 0.29) is 11.8 Å². The van der Waals surface area contributed by atoms with E-state index in [1.54, 1.807) is 18.5 Å². The summed E-state index contributed by atoms with van der Waals surface area (Å²) in [5, 5.41) is 0. The molecule has 1 aromatic heterocycles. The van der Waals surface area contributed by atoms with E-state index in [0.29, 0.717) is 31.7 Å². The zero-order valence-electron chi connectivity index (χ0n) is 13.6. The monoisotopic (exact) mass is 323 g/mol. The van der Waals surface area contributed by atoms with Gasteiger partial charge < -0.3 is 14.8 Å². The minimum Gasteiger partial charge on any atom is -0.367 e. The van der Waals surface area contributed by atoms with E-state index in [2.05, 4.69) is 17.1 Å². The van der Waals surface area contributed by atoms with Gasteiger partial charge in [0.1, 0.15) is 0 Å². The number of aryl methyl sites for hydroxylation is 2. The molecule has 2 aromatic rings. The Balaban J connectivity index is 1.40. The van der Waals surface area contributed by atoms with E-state index < -0.39 is 0 Å². The summed E-state index contributed by atoms with van der Waals surface area (Å²) >= 11 is 0. The van der Waals surface area contributed by atoms with E-state index in [1.807, 2.05) is 15.9 Å². The van der Waals surface area contributed by atoms with Crippen molar-refractivity contribution < 1.29 is 9.59 Å². The van der Waals surface area contributed by atoms with Gasteiger partial charge in [0.15, 0.2) is 0 Å². The highest BCUT2D eigenvalue weighted by Gasteiger charge is 2.26. The number of aromatic amines is 1. The molecular weight excluding hydrogens is 302 g/mol. The zero-order valence-corrected chi connectivity index (χ0v) is 13.6. The number of aromatic nitrogens is 1. The topological polar surface area (TPSA) is 56.4 Å². The van der Waals surface area contributed by atoms with Gasteiger partial charge in [-0.15, -0.1) is 0 Å². The Morgan fingerprint density at radius 1 is 0.833 bits per heavy atom. The Bertz CT molecular complexity index is 759. The van der Waals surface area contributed by atoms with Crippen molar-refractivity contribution in [3.8, 4) is 0 Å². The summed E-state index contributed by atoms with van der Waals surface area (Å²) in [4.78, 5) is 31.6. The summed E-state index contributed by atoms with van der Waals surface area (Å²) in [6.45, 7) is 2.35. The molecule has 4 rings (SSSR count). The Hall–Kier alpha value is -2.56. The van der Waals surface area contributed by atoms with E-state index in [9.17, 15) is 9.59 Å². The second-order valence-electron chi connectivity index (χ2n) is 6.52. The normalized spacial score (nSPS) is 17.0. The third-order valence-corrected chi connectivity index (χ3v) is 5.04. The first-order chi connectivity index (χ1) is 11.7. The maximum Gasteiger partial charge on any atom is 0.255 e. The lowest BCUT2D eigenvalue weighted by Crippen LogP contribution is -2.50. The predicted octanol–water partition coefficient (Wildman–Crippen LogP) is 2.10. The van der Waals surface area contributed by atoms with Crippen LogP contribution in [0, 0.1) is 0 Å². The van der Waals surface area contributed by atoms with Gasteiger partial charge in [0, 0.05) is 44.1 Å². The average Bonchev–Trinajstić information content (AvgIpc) is 3.31. The molecule has 5 nitrogen and oxygen atoms in total. The number of fused-ring (bicyclic) bond motifs is 1. The predicted molar refractivity (Wildman–Crippen MR) is 91.1 cm³/mol. The third-order valence-electron chi connectivity index (χ3n) is 5.04. The molecular formula is C19H21N3O2. The molecule has 0 saturated carbocycles. The van der Waals surface area contributed by atoms with Crippen LogP contribution >= 0.6 is 0 Å². The van der Waals surface area contributed by atoms with Gasteiger partial charge in [-0.2, -0.15) is 0 Å². The van der Waals surface area contributed by atoms with Crippen molar-refractivity contribution in [3.63, 3.8) is 0 Å². The number of carbonyl (C=O) groups is 2. The lowest BCUT2D eigenvalue weighted by molar-refractivity contribution is 0.0535. The van der Waals surface area contributed by atoms with Crippen LogP contribution in [-0.2, 0) is 12.8 Å². The number of nitrogens with zero attached hydrogens (tertiary/aromatic N) is 2. The van der Waals surface area contributed by atoms with E-state index in [4.69, 9.17) is 0 Å². The van der Waals surface area contributed by atoms with Crippen molar-refractivity contribution >= 4 is 11.8 Å². The van der Waals surface area contributed by atoms with Crippen LogP contribution in [0.5, 0.6) is 0 Å². The molecule has 0 bridgehead atoms. The highest BCUT2D eigenvalue weighted by molar-refractivity contribution is 5.96. The summed E-state index contributed by atoms with van der Waals surface area (Å²) in [6.07, 6.45) is 6.86. The molecule has 124 valence electrons. The van der Waals surface area contributed by atoms with Crippen LogP contribution in [0.3, 0.4) is 0 Å². The molecule has 0 unspecified atom stereocenters. The molecule has 0 radical (unpaired) electrons. The first kappa shape index (κ1) is 15.0. The molecule has 1 aliphatic carbocycles. The molecule has 2 amide bonds. The maximum atomic E-state index is 12.7. The van der Waals surface area contributed by atoms with Crippen molar-refractivity contribution in [2.45, 2.75) is 19.3 Å². The highest BCUT2D eigenvalue weighted by Crippen LogP contribution is 2.23. The Morgan fingerprint density at radius 3 is 2.17 bits per heavy atom. The van der Waals surface area contributed by atoms with E-state index in [0.717, 1.165) is 18.4 Å². The van der Waals surface area contributed by atoms with Gasteiger partial charge in [0.25, 0.3) is 11.8 Å². The van der Waals surface area contributed by atoms with Crippen LogP contribution < -0.4 is 0 Å². The zero-order chi connectivity index (χ0) is 16.5. The molecule has 0 atom stereocenters. The summed E-state index contributed by atoms with van der Waals surface area (Å²) < 4.78 is 0. The Labute approximate surface area is 141 Å². The molecule has 1 fully saturated rings. The number of nitrogens with one attached hydrogen (secondary N) is 1. The Kier molecular flexibility index (Phi) is 3.84. The fourth-order valence-corrected chi connectivity index (χ4v) is 3.64. The molecule has 5 heteroatoms. The number of H-pyrrole nitrogens is 1. The van der Waals surface area contributed by atoms with E-state index >= 15 is 0 Å². The van der Waals surface area contributed by atoms with Gasteiger partial charge in [-0.3, -0.25) is 9.59 Å². The quantitative estimate of drug-likeness (QED) is 0.920. The van der Waals surface area contributed by atoms with Crippen LogP contribution in [0.1, 0.15) is 38.3 Å². The first-order valence-corrected chi connectivity index (χ1v) is 8.55. The van der Waals surface area contributed by atoms with Crippen LogP contribution in [0.15, 0.2) is 36.7 Å². The second kappa shape index (κ2) is 6.15. The molecule has 0 spiro atoms. The minimum atomic E-state index is 0.0286. The number of piperazine rings is 1. The van der Waals surface area contributed by atoms with Crippen molar-refractivity contribution in [2.75, 3.05) is 26.2 Å². The average molecular weight is 323 g/mol. The molecule has 1 saturated heterocycles. The van der Waals surface area contributed by atoms with Crippen LogP contribution in [0.25, 0.3) is 0 Å². The largest absolute Gasteiger partial charge is 0.367 e. The number of amides is 2. The van der Waals surface area contributed by atoms with Gasteiger partial charge in [0.2, 0.25) is 0 Å². The number of hydrogen-bond acceptors (Lipinski definition) is 2. The summed E-state index contributed by atoms with van der Waals surface area (Å²) in [5.74, 6) is 0.110. The highest BCUT2D eigenvalue weighted by atomic mass is 16.2. The summed E-state index contributed by atoms with van der Waals surface area (Å²) in [5.41, 5.74) is 4.16. The molecule has 1 aliphatic heterocycles. The Morgan fingerprint density at radius 2 is 1.50 bits per heavy atom. The van der Waals surface area contributed by atoms with Crippen molar-refractivity contribution in [1.82, 2.24) is 14.8 Å². The molecule has 1 N–H and O–H groups in total. The fourth-order valence-electron chi connectivity index (χ4n) is 3.64. The van der Waals surface area contributed by atoms with Crippen LogP contribution in [0.2, 0.25) is 0 Å². The summed E-state index contributed by atoms with van der Waals surface area (Å²) in [6, 6.07) is 7.89. The second-order valence-corrected chi connectivity index (χ2v) is 6.52. The van der Waals surface area contributed by atoms with Gasteiger partial charge >= 0.3 is 0 Å². The van der Waals surface area contributed by atoms with E-state index in [1.165, 1.54) is 17.5 Å². The molecule has 1 aromatic carbocycles. The summed E-state index contributed by atoms with van der Waals surface area (Å²) in [7, 11) is 0.